The van der Waals surface area contributed by atoms with Gasteiger partial charge in [-0.2, -0.15) is 0 Å². The van der Waals surface area contributed by atoms with E-state index in [0.717, 1.165) is 19.4 Å². The van der Waals surface area contributed by atoms with Crippen LogP contribution in [0, 0.1) is 0 Å². The fourth-order valence-electron chi connectivity index (χ4n) is 1.68. The third-order valence-electron chi connectivity index (χ3n) is 2.67. The van der Waals surface area contributed by atoms with Crippen LogP contribution in [0.2, 0.25) is 0 Å². The quantitative estimate of drug-likeness (QED) is 0.769. The molecule has 1 N–H and O–H groups in total. The largest absolute Gasteiger partial charge is 0.481 e. The van der Waals surface area contributed by atoms with Crippen LogP contribution in [0.3, 0.4) is 0 Å². The molecule has 0 bridgehead atoms. The minimum absolute atomic E-state index is 0.548. The van der Waals surface area contributed by atoms with Crippen molar-refractivity contribution >= 4 is 0 Å². The zero-order valence-corrected chi connectivity index (χ0v) is 10.5. The third-order valence-corrected chi connectivity index (χ3v) is 2.67. The Morgan fingerprint density at radius 1 is 1.44 bits per heavy atom. The van der Waals surface area contributed by atoms with Crippen molar-refractivity contribution in [2.45, 2.75) is 39.2 Å². The van der Waals surface area contributed by atoms with Gasteiger partial charge in [0.25, 0.3) is 0 Å². The number of nitrogens with zero attached hydrogens (tertiary/aromatic N) is 1. The maximum atomic E-state index is 5.12. The van der Waals surface area contributed by atoms with Crippen molar-refractivity contribution in [2.24, 2.45) is 0 Å². The summed E-state index contributed by atoms with van der Waals surface area (Å²) >= 11 is 0. The van der Waals surface area contributed by atoms with Gasteiger partial charge in [-0.15, -0.1) is 0 Å². The van der Waals surface area contributed by atoms with E-state index in [1.807, 2.05) is 6.07 Å². The lowest BCUT2D eigenvalue weighted by Gasteiger charge is -2.16. The lowest BCUT2D eigenvalue weighted by Crippen LogP contribution is -2.31. The molecule has 0 amide bonds. The number of nitrogens with one attached hydrogen (secondary N) is 1. The molecule has 3 heteroatoms. The van der Waals surface area contributed by atoms with Crippen molar-refractivity contribution in [2.75, 3.05) is 13.7 Å². The molecule has 90 valence electrons. The molecule has 0 aliphatic carbocycles. The summed E-state index contributed by atoms with van der Waals surface area (Å²) < 4.78 is 5.12. The predicted molar refractivity (Wildman–Crippen MR) is 66.9 cm³/mol. The summed E-state index contributed by atoms with van der Waals surface area (Å²) in [5.41, 5.74) is 1.28. The molecule has 0 aromatic carbocycles. The van der Waals surface area contributed by atoms with Crippen LogP contribution in [0.25, 0.3) is 0 Å². The van der Waals surface area contributed by atoms with E-state index in [1.54, 1.807) is 13.3 Å². The van der Waals surface area contributed by atoms with Crippen LogP contribution in [0.5, 0.6) is 5.88 Å². The molecule has 0 saturated carbocycles. The number of rotatable bonds is 7. The first kappa shape index (κ1) is 13.0. The molecule has 16 heavy (non-hydrogen) atoms. The Balaban J connectivity index is 2.55. The molecule has 1 rings (SSSR count). The summed E-state index contributed by atoms with van der Waals surface area (Å²) in [6.07, 6.45) is 5.16. The Kier molecular flexibility index (Phi) is 5.86. The SMILES string of the molecule is CCCNC(CC)Cc1ccnc(OC)c1. The van der Waals surface area contributed by atoms with Crippen molar-refractivity contribution in [3.63, 3.8) is 0 Å². The van der Waals surface area contributed by atoms with Crippen LogP contribution in [0.4, 0.5) is 0 Å². The predicted octanol–water partition coefficient (Wildman–Crippen LogP) is 2.41. The number of pyridine rings is 1. The Bertz CT molecular complexity index is 302. The Labute approximate surface area is 98.2 Å². The molecule has 1 aromatic rings. The van der Waals surface area contributed by atoms with Gasteiger partial charge in [0.15, 0.2) is 0 Å². The zero-order valence-electron chi connectivity index (χ0n) is 10.5. The number of methoxy groups -OCH3 is 1. The molecule has 1 heterocycles. The third kappa shape index (κ3) is 4.19. The molecule has 1 aromatic heterocycles. The van der Waals surface area contributed by atoms with E-state index in [1.165, 1.54) is 12.0 Å². The molecule has 0 saturated heterocycles. The van der Waals surface area contributed by atoms with E-state index < -0.39 is 0 Å². The molecule has 0 spiro atoms. The molecular weight excluding hydrogens is 200 g/mol. The lowest BCUT2D eigenvalue weighted by atomic mass is 10.0. The van der Waals surface area contributed by atoms with Gasteiger partial charge in [0.05, 0.1) is 7.11 Å². The fraction of sp³-hybridized carbons (Fsp3) is 0.615. The highest BCUT2D eigenvalue weighted by Gasteiger charge is 2.06. The monoisotopic (exact) mass is 222 g/mol. The summed E-state index contributed by atoms with van der Waals surface area (Å²) in [5.74, 6) is 0.697. The van der Waals surface area contributed by atoms with Crippen LogP contribution in [0.1, 0.15) is 32.3 Å². The second-order valence-corrected chi connectivity index (χ2v) is 3.97. The van der Waals surface area contributed by atoms with E-state index >= 15 is 0 Å². The van der Waals surface area contributed by atoms with Crippen molar-refractivity contribution in [1.29, 1.82) is 0 Å². The molecule has 0 radical (unpaired) electrons. The fourth-order valence-corrected chi connectivity index (χ4v) is 1.68. The molecule has 1 atom stereocenters. The van der Waals surface area contributed by atoms with Gasteiger partial charge >= 0.3 is 0 Å². The molecule has 3 nitrogen and oxygen atoms in total. The average Bonchev–Trinajstić information content (AvgIpc) is 2.34. The number of hydrogen-bond acceptors (Lipinski definition) is 3. The maximum Gasteiger partial charge on any atom is 0.213 e. The van der Waals surface area contributed by atoms with Crippen LogP contribution >= 0.6 is 0 Å². The number of ether oxygens (including phenoxy) is 1. The first-order chi connectivity index (χ1) is 7.80. The maximum absolute atomic E-state index is 5.12. The molecule has 1 unspecified atom stereocenters. The van der Waals surface area contributed by atoms with E-state index in [2.05, 4.69) is 30.2 Å². The zero-order chi connectivity index (χ0) is 11.8. The van der Waals surface area contributed by atoms with E-state index in [-0.39, 0.29) is 0 Å². The number of hydrogen-bond donors (Lipinski definition) is 1. The first-order valence-electron chi connectivity index (χ1n) is 6.02. The highest BCUT2D eigenvalue weighted by atomic mass is 16.5. The van der Waals surface area contributed by atoms with Crippen molar-refractivity contribution in [3.8, 4) is 5.88 Å². The van der Waals surface area contributed by atoms with Crippen LogP contribution in [-0.4, -0.2) is 24.7 Å². The van der Waals surface area contributed by atoms with Crippen molar-refractivity contribution in [1.82, 2.24) is 10.3 Å². The summed E-state index contributed by atoms with van der Waals surface area (Å²) in [7, 11) is 1.65. The Morgan fingerprint density at radius 2 is 2.25 bits per heavy atom. The van der Waals surface area contributed by atoms with Crippen molar-refractivity contribution in [3.05, 3.63) is 23.9 Å². The molecular formula is C13H22N2O. The van der Waals surface area contributed by atoms with Gasteiger partial charge in [0, 0.05) is 18.3 Å². The van der Waals surface area contributed by atoms with Gasteiger partial charge in [-0.1, -0.05) is 13.8 Å². The molecule has 0 aliphatic rings. The number of aromatic nitrogens is 1. The van der Waals surface area contributed by atoms with Gasteiger partial charge in [0.2, 0.25) is 5.88 Å². The topological polar surface area (TPSA) is 34.2 Å². The second kappa shape index (κ2) is 7.23. The minimum Gasteiger partial charge on any atom is -0.481 e. The average molecular weight is 222 g/mol. The van der Waals surface area contributed by atoms with E-state index in [0.29, 0.717) is 11.9 Å². The van der Waals surface area contributed by atoms with Crippen molar-refractivity contribution < 1.29 is 4.74 Å². The summed E-state index contributed by atoms with van der Waals surface area (Å²) in [5, 5.41) is 3.54. The lowest BCUT2D eigenvalue weighted by molar-refractivity contribution is 0.396. The molecule has 0 fully saturated rings. The normalized spacial score (nSPS) is 12.4. The highest BCUT2D eigenvalue weighted by Crippen LogP contribution is 2.11. The second-order valence-electron chi connectivity index (χ2n) is 3.97. The van der Waals surface area contributed by atoms with Gasteiger partial charge < -0.3 is 10.1 Å². The van der Waals surface area contributed by atoms with Crippen LogP contribution in [0.15, 0.2) is 18.3 Å². The van der Waals surface area contributed by atoms with Gasteiger partial charge in [-0.3, -0.25) is 0 Å². The Morgan fingerprint density at radius 3 is 2.88 bits per heavy atom. The van der Waals surface area contributed by atoms with Gasteiger partial charge in [-0.25, -0.2) is 4.98 Å². The van der Waals surface area contributed by atoms with Gasteiger partial charge in [0.1, 0.15) is 0 Å². The van der Waals surface area contributed by atoms with E-state index in [4.69, 9.17) is 4.74 Å². The molecule has 0 aliphatic heterocycles. The van der Waals surface area contributed by atoms with Crippen LogP contribution in [-0.2, 0) is 6.42 Å². The minimum atomic E-state index is 0.548. The smallest absolute Gasteiger partial charge is 0.213 e. The Hall–Kier alpha value is -1.09. The first-order valence-corrected chi connectivity index (χ1v) is 6.02. The summed E-state index contributed by atoms with van der Waals surface area (Å²) in [4.78, 5) is 4.11. The van der Waals surface area contributed by atoms with E-state index in [9.17, 15) is 0 Å². The summed E-state index contributed by atoms with van der Waals surface area (Å²) in [6, 6.07) is 4.61. The standard InChI is InChI=1S/C13H22N2O/c1-4-7-14-12(5-2)9-11-6-8-15-13(10-11)16-3/h6,8,10,12,14H,4-5,7,9H2,1-3H3. The highest BCUT2D eigenvalue weighted by molar-refractivity contribution is 5.21. The van der Waals surface area contributed by atoms with Crippen LogP contribution < -0.4 is 10.1 Å². The van der Waals surface area contributed by atoms with Gasteiger partial charge in [-0.05, 0) is 37.4 Å². The summed E-state index contributed by atoms with van der Waals surface area (Å²) in [6.45, 7) is 5.49.